The second kappa shape index (κ2) is 19.6. The van der Waals surface area contributed by atoms with Gasteiger partial charge >= 0.3 is 35.0 Å². The molecule has 0 unspecified atom stereocenters. The van der Waals surface area contributed by atoms with E-state index in [1.165, 1.54) is 40.0 Å². The van der Waals surface area contributed by atoms with Gasteiger partial charge in [-0.15, -0.1) is 23.2 Å². The number of hydrogen-bond donors (Lipinski definition) is 0. The average molecular weight is 675 g/mol. The Kier molecular flexibility index (Phi) is 17.3. The van der Waals surface area contributed by atoms with Gasteiger partial charge in [0.1, 0.15) is 0 Å². The van der Waals surface area contributed by atoms with Crippen LogP contribution < -0.4 is 21.2 Å². The summed E-state index contributed by atoms with van der Waals surface area (Å²) in [6.45, 7) is 0. The predicted octanol–water partition coefficient (Wildman–Crippen LogP) is 8.44. The third-order valence-corrected chi connectivity index (χ3v) is 10.2. The number of alkyl halides is 2. The van der Waals surface area contributed by atoms with Crippen LogP contribution in [0.4, 0.5) is 0 Å². The zero-order valence-corrected chi connectivity index (χ0v) is 25.5. The molecule has 4 rings (SSSR count). The van der Waals surface area contributed by atoms with Crippen LogP contribution in [0.25, 0.3) is 0 Å². The molecule has 0 aromatic heterocycles. The van der Waals surface area contributed by atoms with Crippen molar-refractivity contribution >= 4 is 79.3 Å². The van der Waals surface area contributed by atoms with Crippen LogP contribution in [-0.4, -0.2) is 17.7 Å². The fourth-order valence-corrected chi connectivity index (χ4v) is 8.59. The number of rotatable bonds is 8. The van der Waals surface area contributed by atoms with Crippen LogP contribution in [0.3, 0.4) is 0 Å². The van der Waals surface area contributed by atoms with E-state index in [1.807, 2.05) is 0 Å². The van der Waals surface area contributed by atoms with Crippen LogP contribution in [0.5, 0.6) is 0 Å². The largest absolute Gasteiger partial charge is 0.0622 e. The van der Waals surface area contributed by atoms with Crippen molar-refractivity contribution in [3.8, 4) is 0 Å². The number of halogens is 4. The standard InChI is InChI=1S/C27H26P2.CH2Cl2.2ClH.Pd/c1-5-14-24(15-6-1)28(25-16-7-2-8-17-25)22-13-23-29(26-18-9-3-10-19-26)27-20-11-4-12-21-27;2-1-3;;;/h1-12,14-21H,13,22-23H2;1H2;2*1H;/q;;;;+2/p-2. The summed E-state index contributed by atoms with van der Waals surface area (Å²) in [5.74, 6) is 0. The quantitative estimate of drug-likeness (QED) is 0.100. The van der Waals surface area contributed by atoms with Gasteiger partial charge in [-0.25, -0.2) is 0 Å². The summed E-state index contributed by atoms with van der Waals surface area (Å²) in [5.41, 5.74) is 0. The summed E-state index contributed by atoms with van der Waals surface area (Å²) in [5, 5.41) is 6.13. The topological polar surface area (TPSA) is 0 Å². The zero-order chi connectivity index (χ0) is 25.1. The summed E-state index contributed by atoms with van der Waals surface area (Å²) >= 11 is 9.42. The van der Waals surface area contributed by atoms with E-state index in [4.69, 9.17) is 42.3 Å². The van der Waals surface area contributed by atoms with Crippen molar-refractivity contribution < 1.29 is 15.9 Å². The zero-order valence-electron chi connectivity index (χ0n) is 19.1. The molecule has 0 atom stereocenters. The van der Waals surface area contributed by atoms with E-state index in [2.05, 4.69) is 121 Å². The molecule has 0 radical (unpaired) electrons. The van der Waals surface area contributed by atoms with Crippen molar-refractivity contribution in [1.29, 1.82) is 0 Å². The minimum atomic E-state index is -0.309. The molecule has 4 aromatic rings. The Balaban J connectivity index is 0.000000655. The van der Waals surface area contributed by atoms with E-state index < -0.39 is 0 Å². The van der Waals surface area contributed by atoms with Gasteiger partial charge in [0, 0.05) is 0 Å². The maximum atomic E-state index is 4.81. The maximum Gasteiger partial charge on any atom is -0.0195 e. The Morgan fingerprint density at radius 3 is 0.857 bits per heavy atom. The first kappa shape index (κ1) is 30.8. The molecule has 0 amide bonds. The van der Waals surface area contributed by atoms with E-state index in [1.54, 1.807) is 0 Å². The molecule has 0 saturated heterocycles. The molecule has 0 aliphatic heterocycles. The van der Waals surface area contributed by atoms with E-state index in [9.17, 15) is 0 Å². The Hall–Kier alpha value is -0.438. The van der Waals surface area contributed by atoms with Crippen molar-refractivity contribution in [2.45, 2.75) is 6.42 Å². The monoisotopic (exact) mass is 672 g/mol. The summed E-state index contributed by atoms with van der Waals surface area (Å²) in [7, 11) is 9.01. The first-order valence-corrected chi connectivity index (χ1v) is 19.1. The Morgan fingerprint density at radius 1 is 0.457 bits per heavy atom. The van der Waals surface area contributed by atoms with Crippen molar-refractivity contribution in [2.75, 3.05) is 17.7 Å². The normalized spacial score (nSPS) is 10.3. The molecule has 0 N–H and O–H groups in total. The van der Waals surface area contributed by atoms with Crippen molar-refractivity contribution in [2.24, 2.45) is 0 Å². The second-order valence-corrected chi connectivity index (χ2v) is 15.0. The Bertz CT molecular complexity index is 862. The molecular formula is C28H28Cl4P2Pd. The molecule has 0 heterocycles. The van der Waals surface area contributed by atoms with Gasteiger partial charge in [0.2, 0.25) is 0 Å². The Morgan fingerprint density at radius 2 is 0.657 bits per heavy atom. The van der Waals surface area contributed by atoms with Crippen LogP contribution in [0.1, 0.15) is 6.42 Å². The molecule has 0 spiro atoms. The average Bonchev–Trinajstić information content (AvgIpc) is 2.92. The van der Waals surface area contributed by atoms with Gasteiger partial charge < -0.3 is 0 Å². The van der Waals surface area contributed by atoms with E-state index >= 15 is 0 Å². The third-order valence-electron chi connectivity index (χ3n) is 5.03. The molecule has 0 bridgehead atoms. The predicted molar refractivity (Wildman–Crippen MR) is 161 cm³/mol. The molecule has 0 nitrogen and oxygen atoms in total. The molecule has 0 aliphatic rings. The molecule has 0 aliphatic carbocycles. The molecule has 0 fully saturated rings. The molecule has 4 aromatic carbocycles. The van der Waals surface area contributed by atoms with Gasteiger partial charge in [-0.3, -0.25) is 0 Å². The summed E-state index contributed by atoms with van der Waals surface area (Å²) in [6, 6.07) is 44.3. The van der Waals surface area contributed by atoms with Gasteiger partial charge in [-0.05, 0) is 55.8 Å². The first-order chi connectivity index (χ1) is 17.2. The van der Waals surface area contributed by atoms with E-state index in [-0.39, 0.29) is 37.1 Å². The maximum absolute atomic E-state index is 4.81. The van der Waals surface area contributed by atoms with Crippen LogP contribution in [0.2, 0.25) is 0 Å². The fourth-order valence-electron chi connectivity index (χ4n) is 3.63. The number of hydrogen-bond acceptors (Lipinski definition) is 0. The van der Waals surface area contributed by atoms with Crippen molar-refractivity contribution in [3.05, 3.63) is 121 Å². The van der Waals surface area contributed by atoms with Crippen LogP contribution >= 0.6 is 58.1 Å². The van der Waals surface area contributed by atoms with E-state index in [0.29, 0.717) is 0 Å². The van der Waals surface area contributed by atoms with E-state index in [0.717, 1.165) is 0 Å². The SMILES string of the molecule is ClCCl.[Cl][Pd][Cl].c1ccc(P(CCCP(c2ccccc2)c2ccccc2)c2ccccc2)cc1. The van der Waals surface area contributed by atoms with Gasteiger partial charge in [0.25, 0.3) is 0 Å². The number of benzene rings is 4. The first-order valence-electron chi connectivity index (χ1n) is 10.9. The summed E-state index contributed by atoms with van der Waals surface area (Å²) in [6.07, 6.45) is 3.72. The summed E-state index contributed by atoms with van der Waals surface area (Å²) in [4.78, 5) is 0. The van der Waals surface area contributed by atoms with Crippen LogP contribution in [0.15, 0.2) is 121 Å². The Labute approximate surface area is 239 Å². The van der Waals surface area contributed by atoms with Gasteiger partial charge in [0.05, 0.1) is 5.34 Å². The van der Waals surface area contributed by atoms with Gasteiger partial charge in [0.15, 0.2) is 0 Å². The van der Waals surface area contributed by atoms with Gasteiger partial charge in [-0.1, -0.05) is 121 Å². The molecule has 0 saturated carbocycles. The van der Waals surface area contributed by atoms with Crippen molar-refractivity contribution in [1.82, 2.24) is 0 Å². The second-order valence-electron chi connectivity index (χ2n) is 7.15. The fraction of sp³-hybridized carbons (Fsp3) is 0.143. The minimum Gasteiger partial charge on any atom is -0.0622 e. The van der Waals surface area contributed by atoms with Crippen molar-refractivity contribution in [3.63, 3.8) is 0 Å². The minimum absolute atomic E-state index is 0.106. The molecule has 188 valence electrons. The smallest absolute Gasteiger partial charge is 0.0195 e. The van der Waals surface area contributed by atoms with Crippen LogP contribution in [-0.2, 0) is 15.9 Å². The molecule has 35 heavy (non-hydrogen) atoms. The summed E-state index contributed by atoms with van der Waals surface area (Å²) < 4.78 is 0. The molecular weight excluding hydrogens is 646 g/mol. The van der Waals surface area contributed by atoms with Crippen LogP contribution in [0, 0.1) is 0 Å². The molecule has 7 heteroatoms. The third kappa shape index (κ3) is 11.7. The van der Waals surface area contributed by atoms with Gasteiger partial charge in [-0.2, -0.15) is 0 Å².